The molecule has 2 N–H and O–H groups in total. The summed E-state index contributed by atoms with van der Waals surface area (Å²) in [5.74, 6) is 1.39. The Balaban J connectivity index is 2.37. The molecule has 1 aromatic carbocycles. The molecule has 0 aromatic heterocycles. The van der Waals surface area contributed by atoms with Crippen molar-refractivity contribution in [1.29, 1.82) is 0 Å². The van der Waals surface area contributed by atoms with Crippen molar-refractivity contribution in [2.45, 2.75) is 18.9 Å². The van der Waals surface area contributed by atoms with Crippen LogP contribution in [0.3, 0.4) is 0 Å². The Kier molecular flexibility index (Phi) is 2.66. The Morgan fingerprint density at radius 2 is 2.21 bits per heavy atom. The molecule has 0 amide bonds. The molecule has 1 aliphatic carbocycles. The van der Waals surface area contributed by atoms with E-state index in [0.717, 1.165) is 11.3 Å². The van der Waals surface area contributed by atoms with Gasteiger partial charge in [0.15, 0.2) is 0 Å². The zero-order valence-corrected chi connectivity index (χ0v) is 8.92. The summed E-state index contributed by atoms with van der Waals surface area (Å²) in [5.41, 5.74) is 7.07. The second-order valence-electron chi connectivity index (χ2n) is 3.72. The fraction of sp³-hybridized carbons (Fsp3) is 0.455. The van der Waals surface area contributed by atoms with Crippen molar-refractivity contribution in [3.8, 4) is 5.75 Å². The molecule has 1 fully saturated rings. The Bertz CT molecular complexity index is 336. The van der Waals surface area contributed by atoms with Crippen LogP contribution < -0.4 is 10.5 Å². The van der Waals surface area contributed by atoms with Gasteiger partial charge in [-0.25, -0.2) is 0 Å². The number of hydrogen-bond acceptors (Lipinski definition) is 2. The number of rotatable bonds is 3. The molecule has 2 nitrogen and oxygen atoms in total. The van der Waals surface area contributed by atoms with Crippen LogP contribution in [-0.4, -0.2) is 7.11 Å². The summed E-state index contributed by atoms with van der Waals surface area (Å²) in [7, 11) is 1.65. The molecule has 0 spiro atoms. The average Bonchev–Trinajstić information content (AvgIpc) is 2.99. The molecule has 0 aliphatic heterocycles. The Labute approximate surface area is 89.0 Å². The SMILES string of the molecule is COc1cccc(Cl)c1C(N)C1CC1. The number of halogens is 1. The summed E-state index contributed by atoms with van der Waals surface area (Å²) in [6.07, 6.45) is 2.41. The van der Waals surface area contributed by atoms with Gasteiger partial charge >= 0.3 is 0 Å². The summed E-state index contributed by atoms with van der Waals surface area (Å²) in [4.78, 5) is 0. The van der Waals surface area contributed by atoms with E-state index < -0.39 is 0 Å². The predicted octanol–water partition coefficient (Wildman–Crippen LogP) is 2.76. The van der Waals surface area contributed by atoms with Crippen molar-refractivity contribution in [3.63, 3.8) is 0 Å². The van der Waals surface area contributed by atoms with Gasteiger partial charge in [0.05, 0.1) is 7.11 Å². The first-order valence-corrected chi connectivity index (χ1v) is 5.20. The van der Waals surface area contributed by atoms with Crippen molar-refractivity contribution in [1.82, 2.24) is 0 Å². The molecular weight excluding hydrogens is 198 g/mol. The van der Waals surface area contributed by atoms with E-state index in [1.54, 1.807) is 7.11 Å². The topological polar surface area (TPSA) is 35.2 Å². The standard InChI is InChI=1S/C11H14ClNO/c1-14-9-4-2-3-8(12)10(9)11(13)7-5-6-7/h2-4,7,11H,5-6,13H2,1H3. The molecule has 0 saturated heterocycles. The molecular formula is C11H14ClNO. The van der Waals surface area contributed by atoms with E-state index in [4.69, 9.17) is 22.1 Å². The van der Waals surface area contributed by atoms with Gasteiger partial charge in [0, 0.05) is 16.6 Å². The summed E-state index contributed by atoms with van der Waals surface area (Å²) in [5, 5.41) is 0.712. The van der Waals surface area contributed by atoms with E-state index in [2.05, 4.69) is 0 Å². The summed E-state index contributed by atoms with van der Waals surface area (Å²) in [6.45, 7) is 0. The lowest BCUT2D eigenvalue weighted by Gasteiger charge is -2.16. The molecule has 0 bridgehead atoms. The number of hydrogen-bond donors (Lipinski definition) is 1. The van der Waals surface area contributed by atoms with Gasteiger partial charge in [0.2, 0.25) is 0 Å². The van der Waals surface area contributed by atoms with Gasteiger partial charge in [-0.2, -0.15) is 0 Å². The van der Waals surface area contributed by atoms with Crippen LogP contribution in [0.25, 0.3) is 0 Å². The Hall–Kier alpha value is -0.730. The highest BCUT2D eigenvalue weighted by Gasteiger charge is 2.32. The third-order valence-corrected chi connectivity index (χ3v) is 3.03. The fourth-order valence-electron chi connectivity index (χ4n) is 1.71. The van der Waals surface area contributed by atoms with E-state index in [9.17, 15) is 0 Å². The molecule has 1 unspecified atom stereocenters. The first-order valence-electron chi connectivity index (χ1n) is 4.82. The molecule has 1 saturated carbocycles. The van der Waals surface area contributed by atoms with E-state index >= 15 is 0 Å². The highest BCUT2D eigenvalue weighted by Crippen LogP contribution is 2.44. The molecule has 0 radical (unpaired) electrons. The highest BCUT2D eigenvalue weighted by atomic mass is 35.5. The van der Waals surface area contributed by atoms with Crippen LogP contribution >= 0.6 is 11.6 Å². The fourth-order valence-corrected chi connectivity index (χ4v) is 2.00. The van der Waals surface area contributed by atoms with Crippen LogP contribution in [-0.2, 0) is 0 Å². The predicted molar refractivity (Wildman–Crippen MR) is 57.7 cm³/mol. The van der Waals surface area contributed by atoms with Crippen LogP contribution in [0.1, 0.15) is 24.4 Å². The third-order valence-electron chi connectivity index (χ3n) is 2.70. The molecule has 14 heavy (non-hydrogen) atoms. The van der Waals surface area contributed by atoms with Crippen LogP contribution in [0, 0.1) is 5.92 Å². The second-order valence-corrected chi connectivity index (χ2v) is 4.13. The van der Waals surface area contributed by atoms with Crippen molar-refractivity contribution in [3.05, 3.63) is 28.8 Å². The number of nitrogens with two attached hydrogens (primary N) is 1. The summed E-state index contributed by atoms with van der Waals surface area (Å²) in [6, 6.07) is 5.67. The first-order chi connectivity index (χ1) is 6.74. The monoisotopic (exact) mass is 211 g/mol. The van der Waals surface area contributed by atoms with Gasteiger partial charge in [0.25, 0.3) is 0 Å². The number of ether oxygens (including phenoxy) is 1. The summed E-state index contributed by atoms with van der Waals surface area (Å²) >= 11 is 6.11. The molecule has 1 aliphatic rings. The maximum atomic E-state index is 6.11. The minimum atomic E-state index is 0.0265. The quantitative estimate of drug-likeness (QED) is 0.835. The lowest BCUT2D eigenvalue weighted by Crippen LogP contribution is -2.14. The third kappa shape index (κ3) is 1.72. The van der Waals surface area contributed by atoms with Crippen molar-refractivity contribution >= 4 is 11.6 Å². The van der Waals surface area contributed by atoms with E-state index in [1.165, 1.54) is 12.8 Å². The largest absolute Gasteiger partial charge is 0.496 e. The zero-order chi connectivity index (χ0) is 10.1. The van der Waals surface area contributed by atoms with Crippen molar-refractivity contribution in [2.75, 3.05) is 7.11 Å². The van der Waals surface area contributed by atoms with Gasteiger partial charge in [-0.05, 0) is 30.9 Å². The molecule has 76 valence electrons. The van der Waals surface area contributed by atoms with Gasteiger partial charge in [0.1, 0.15) is 5.75 Å². The maximum absolute atomic E-state index is 6.11. The van der Waals surface area contributed by atoms with E-state index in [0.29, 0.717) is 10.9 Å². The van der Waals surface area contributed by atoms with Gasteiger partial charge < -0.3 is 10.5 Å². The lowest BCUT2D eigenvalue weighted by atomic mass is 10.0. The molecule has 2 rings (SSSR count). The maximum Gasteiger partial charge on any atom is 0.125 e. The number of benzene rings is 1. The van der Waals surface area contributed by atoms with Crippen LogP contribution in [0.2, 0.25) is 5.02 Å². The lowest BCUT2D eigenvalue weighted by molar-refractivity contribution is 0.403. The minimum absolute atomic E-state index is 0.0265. The van der Waals surface area contributed by atoms with Crippen LogP contribution in [0.15, 0.2) is 18.2 Å². The van der Waals surface area contributed by atoms with Gasteiger partial charge in [-0.3, -0.25) is 0 Å². The number of methoxy groups -OCH3 is 1. The molecule has 1 atom stereocenters. The molecule has 3 heteroatoms. The van der Waals surface area contributed by atoms with Crippen molar-refractivity contribution in [2.24, 2.45) is 11.7 Å². The van der Waals surface area contributed by atoms with Crippen molar-refractivity contribution < 1.29 is 4.74 Å². The van der Waals surface area contributed by atoms with Gasteiger partial charge in [-0.1, -0.05) is 17.7 Å². The zero-order valence-electron chi connectivity index (χ0n) is 8.16. The normalized spacial score (nSPS) is 17.9. The van der Waals surface area contributed by atoms with Crippen LogP contribution in [0.5, 0.6) is 5.75 Å². The highest BCUT2D eigenvalue weighted by molar-refractivity contribution is 6.31. The van der Waals surface area contributed by atoms with E-state index in [-0.39, 0.29) is 6.04 Å². The summed E-state index contributed by atoms with van der Waals surface area (Å²) < 4.78 is 5.26. The smallest absolute Gasteiger partial charge is 0.125 e. The van der Waals surface area contributed by atoms with E-state index in [1.807, 2.05) is 18.2 Å². The van der Waals surface area contributed by atoms with Crippen LogP contribution in [0.4, 0.5) is 0 Å². The molecule has 1 aromatic rings. The second kappa shape index (κ2) is 3.79. The molecule has 0 heterocycles. The average molecular weight is 212 g/mol. The first kappa shape index (κ1) is 9.81. The van der Waals surface area contributed by atoms with Gasteiger partial charge in [-0.15, -0.1) is 0 Å². The Morgan fingerprint density at radius 1 is 1.50 bits per heavy atom. The minimum Gasteiger partial charge on any atom is -0.496 e. The Morgan fingerprint density at radius 3 is 2.79 bits per heavy atom.